The monoisotopic (exact) mass is 671 g/mol. The number of carbonyl (C=O) groups is 1. The molecule has 2 fully saturated rings. The number of benzene rings is 2. The highest BCUT2D eigenvalue weighted by Gasteiger charge is 2.27. The van der Waals surface area contributed by atoms with Crippen LogP contribution in [-0.2, 0) is 6.54 Å². The van der Waals surface area contributed by atoms with Gasteiger partial charge >= 0.3 is 6.03 Å². The van der Waals surface area contributed by atoms with Gasteiger partial charge in [0.2, 0.25) is 0 Å². The molecule has 7 nitrogen and oxygen atoms in total. The highest BCUT2D eigenvalue weighted by Crippen LogP contribution is 2.36. The predicted molar refractivity (Wildman–Crippen MR) is 207 cm³/mol. The molecular weight excluding hydrogens is 619 g/mol. The summed E-state index contributed by atoms with van der Waals surface area (Å²) in [5, 5.41) is 7.01. The Hall–Kier alpha value is -4.41. The van der Waals surface area contributed by atoms with Crippen molar-refractivity contribution in [2.45, 2.75) is 97.9 Å². The maximum atomic E-state index is 14.4. The van der Waals surface area contributed by atoms with Gasteiger partial charge in [-0.2, -0.15) is 0 Å². The van der Waals surface area contributed by atoms with Gasteiger partial charge in [0.1, 0.15) is 11.3 Å². The summed E-state index contributed by atoms with van der Waals surface area (Å²) >= 11 is 0. The summed E-state index contributed by atoms with van der Waals surface area (Å²) in [5.41, 5.74) is 5.87. The molecule has 1 aliphatic heterocycles. The molecule has 2 atom stereocenters. The zero-order valence-corrected chi connectivity index (χ0v) is 30.5. The number of aromatic nitrogens is 2. The molecule has 2 bridgehead atoms. The third kappa shape index (κ3) is 7.97. The number of aryl methyl sites for hydroxylation is 1. The van der Waals surface area contributed by atoms with E-state index in [9.17, 15) is 9.59 Å². The number of anilines is 2. The van der Waals surface area contributed by atoms with Crippen molar-refractivity contribution in [3.8, 4) is 23.0 Å². The second-order valence-corrected chi connectivity index (χ2v) is 15.0. The van der Waals surface area contributed by atoms with E-state index in [2.05, 4.69) is 79.1 Å². The fraction of sp³-hybridized carbons (Fsp3) is 0.465. The molecule has 2 amide bonds. The summed E-state index contributed by atoms with van der Waals surface area (Å²) in [6.45, 7) is 14.2. The fourth-order valence-electron chi connectivity index (χ4n) is 7.93. The molecular formula is C43H53N5O2. The van der Waals surface area contributed by atoms with Crippen molar-refractivity contribution in [2.75, 3.05) is 30.3 Å². The van der Waals surface area contributed by atoms with Crippen molar-refractivity contribution in [2.24, 2.45) is 11.8 Å². The highest BCUT2D eigenvalue weighted by molar-refractivity contribution is 6.07. The van der Waals surface area contributed by atoms with Gasteiger partial charge in [-0.1, -0.05) is 89.6 Å². The van der Waals surface area contributed by atoms with Gasteiger partial charge < -0.3 is 10.6 Å². The van der Waals surface area contributed by atoms with Crippen molar-refractivity contribution >= 4 is 28.4 Å². The molecule has 1 aliphatic carbocycles. The molecule has 0 spiro atoms. The Labute approximate surface area is 297 Å². The number of hydrogen-bond donors (Lipinski definition) is 2. The second kappa shape index (κ2) is 16.1. The van der Waals surface area contributed by atoms with Gasteiger partial charge in [-0.05, 0) is 96.7 Å². The van der Waals surface area contributed by atoms with Gasteiger partial charge in [0, 0.05) is 48.0 Å². The van der Waals surface area contributed by atoms with Gasteiger partial charge in [-0.15, -0.1) is 0 Å². The number of hydrogen-bond acceptors (Lipinski definition) is 4. The van der Waals surface area contributed by atoms with Crippen LogP contribution in [0.4, 0.5) is 16.2 Å². The molecule has 2 aromatic carbocycles. The average molecular weight is 672 g/mol. The van der Waals surface area contributed by atoms with Gasteiger partial charge in [0.25, 0.3) is 5.56 Å². The number of nitrogens with zero attached hydrogens (tertiary/aromatic N) is 3. The van der Waals surface area contributed by atoms with Gasteiger partial charge in [0.05, 0.1) is 6.54 Å². The first-order valence-corrected chi connectivity index (χ1v) is 18.8. The molecule has 3 heterocycles. The van der Waals surface area contributed by atoms with E-state index in [1.807, 2.05) is 42.5 Å². The summed E-state index contributed by atoms with van der Waals surface area (Å²) in [5.74, 6) is 8.91. The number of para-hydroxylation sites is 1. The van der Waals surface area contributed by atoms with Crippen LogP contribution in [0.5, 0.6) is 0 Å². The molecule has 262 valence electrons. The molecule has 1 saturated carbocycles. The number of nitrogens with one attached hydrogen (secondary N) is 2. The first-order valence-electron chi connectivity index (χ1n) is 18.8. The van der Waals surface area contributed by atoms with E-state index in [1.165, 1.54) is 32.1 Å². The summed E-state index contributed by atoms with van der Waals surface area (Å²) in [4.78, 5) is 35.6. The third-order valence-electron chi connectivity index (χ3n) is 10.5. The Balaban J connectivity index is 1.38. The molecule has 7 heteroatoms. The molecule has 2 N–H and O–H groups in total. The highest BCUT2D eigenvalue weighted by atomic mass is 16.2. The minimum Gasteiger partial charge on any atom is -0.307 e. The van der Waals surface area contributed by atoms with Crippen LogP contribution in [0.1, 0.15) is 108 Å². The fourth-order valence-corrected chi connectivity index (χ4v) is 7.93. The van der Waals surface area contributed by atoms with E-state index in [-0.39, 0.29) is 23.1 Å². The maximum absolute atomic E-state index is 14.4. The SMILES string of the molecule is CCCCn1c(=O)c(NC(=O)Nc2c(C(C)C)cccc2C(C)C)c(-c2cccc(C#CCN3CC4CCCC(CC4)C3)c2)c2cccnc21. The Kier molecular flexibility index (Phi) is 11.4. The summed E-state index contributed by atoms with van der Waals surface area (Å²) in [6, 6.07) is 17.6. The van der Waals surface area contributed by atoms with Crippen molar-refractivity contribution in [3.05, 3.63) is 87.8 Å². The molecule has 2 aromatic heterocycles. The molecule has 50 heavy (non-hydrogen) atoms. The van der Waals surface area contributed by atoms with E-state index in [4.69, 9.17) is 0 Å². The molecule has 0 radical (unpaired) electrons. The van der Waals surface area contributed by atoms with E-state index in [0.717, 1.165) is 77.6 Å². The Morgan fingerprint density at radius 3 is 2.26 bits per heavy atom. The van der Waals surface area contributed by atoms with Crippen molar-refractivity contribution in [1.29, 1.82) is 0 Å². The smallest absolute Gasteiger partial charge is 0.307 e. The number of fused-ring (bicyclic) bond motifs is 4. The number of unbranched alkanes of at least 4 members (excludes halogenated alkanes) is 1. The van der Waals surface area contributed by atoms with Crippen LogP contribution in [-0.4, -0.2) is 40.1 Å². The summed E-state index contributed by atoms with van der Waals surface area (Å²) in [7, 11) is 0. The lowest BCUT2D eigenvalue weighted by Gasteiger charge is -2.26. The number of carbonyl (C=O) groups excluding carboxylic acids is 1. The quantitative estimate of drug-likeness (QED) is 0.174. The van der Waals surface area contributed by atoms with E-state index in [1.54, 1.807) is 10.8 Å². The maximum Gasteiger partial charge on any atom is 0.323 e. The lowest BCUT2D eigenvalue weighted by molar-refractivity contribution is 0.220. The number of urea groups is 1. The van der Waals surface area contributed by atoms with Crippen LogP contribution in [0.25, 0.3) is 22.2 Å². The molecule has 6 rings (SSSR count). The standard InChI is InChI=1S/C43H53N5O2/c1-6-7-25-48-41-37(20-11-23-44-41)38(40(42(48)49)46-43(50)45-39-35(29(2)3)18-10-19-36(39)30(4)5)34-17-9-13-31(26-34)16-12-24-47-27-32-14-8-15-33(28-47)22-21-32/h9-11,13,17-20,23,26,29-30,32-33H,6-8,14-15,21-22,24-25,27-28H2,1-5H3,(H2,45,46,50). The normalized spacial score (nSPS) is 17.7. The van der Waals surface area contributed by atoms with Gasteiger partial charge in [0.15, 0.2) is 0 Å². The first-order chi connectivity index (χ1) is 24.2. The summed E-state index contributed by atoms with van der Waals surface area (Å²) in [6.07, 6.45) is 10.2. The van der Waals surface area contributed by atoms with E-state index in [0.29, 0.717) is 17.8 Å². The zero-order chi connectivity index (χ0) is 35.2. The van der Waals surface area contributed by atoms with Crippen LogP contribution in [0, 0.1) is 23.7 Å². The van der Waals surface area contributed by atoms with Crippen molar-refractivity contribution in [1.82, 2.24) is 14.5 Å². The van der Waals surface area contributed by atoms with Crippen LogP contribution in [0.2, 0.25) is 0 Å². The topological polar surface area (TPSA) is 79.3 Å². The van der Waals surface area contributed by atoms with Crippen molar-refractivity contribution < 1.29 is 4.79 Å². The van der Waals surface area contributed by atoms with Crippen LogP contribution >= 0.6 is 0 Å². The minimum absolute atomic E-state index is 0.209. The number of rotatable bonds is 9. The van der Waals surface area contributed by atoms with Crippen molar-refractivity contribution in [3.63, 3.8) is 0 Å². The van der Waals surface area contributed by atoms with E-state index < -0.39 is 6.03 Å². The largest absolute Gasteiger partial charge is 0.323 e. The Morgan fingerprint density at radius 2 is 1.58 bits per heavy atom. The second-order valence-electron chi connectivity index (χ2n) is 15.0. The van der Waals surface area contributed by atoms with Crippen LogP contribution in [0.15, 0.2) is 65.6 Å². The molecule has 1 saturated heterocycles. The van der Waals surface area contributed by atoms with Crippen LogP contribution < -0.4 is 16.2 Å². The molecule has 4 aromatic rings. The van der Waals surface area contributed by atoms with Gasteiger partial charge in [-0.3, -0.25) is 14.3 Å². The van der Waals surface area contributed by atoms with Crippen LogP contribution in [0.3, 0.4) is 0 Å². The number of likely N-dealkylation sites (tertiary alicyclic amines) is 1. The number of pyridine rings is 2. The lowest BCUT2D eigenvalue weighted by Crippen LogP contribution is -2.32. The predicted octanol–water partition coefficient (Wildman–Crippen LogP) is 9.62. The third-order valence-corrected chi connectivity index (χ3v) is 10.5. The molecule has 2 unspecified atom stereocenters. The van der Waals surface area contributed by atoms with Gasteiger partial charge in [-0.25, -0.2) is 9.78 Å². The van der Waals surface area contributed by atoms with E-state index >= 15 is 0 Å². The Bertz CT molecular complexity index is 1910. The Morgan fingerprint density at radius 1 is 0.900 bits per heavy atom. The lowest BCUT2D eigenvalue weighted by atomic mass is 9.93. The number of amides is 2. The zero-order valence-electron chi connectivity index (χ0n) is 30.5. The summed E-state index contributed by atoms with van der Waals surface area (Å²) < 4.78 is 1.71. The minimum atomic E-state index is -0.443. The first kappa shape index (κ1) is 35.4. The average Bonchev–Trinajstić information content (AvgIpc) is 3.44. The molecule has 2 aliphatic rings.